The normalized spacial score (nSPS) is 23.2. The van der Waals surface area contributed by atoms with Gasteiger partial charge < -0.3 is 10.0 Å². The molecule has 1 aromatic heterocycles. The molecule has 0 saturated carbocycles. The van der Waals surface area contributed by atoms with E-state index in [1.54, 1.807) is 6.20 Å². The number of aromatic amines is 1. The van der Waals surface area contributed by atoms with E-state index >= 15 is 0 Å². The Hall–Kier alpha value is -1.88. The molecule has 1 aromatic carbocycles. The van der Waals surface area contributed by atoms with E-state index in [1.165, 1.54) is 0 Å². The van der Waals surface area contributed by atoms with Crippen molar-refractivity contribution in [3.05, 3.63) is 30.0 Å². The predicted molar refractivity (Wildman–Crippen MR) is 76.4 cm³/mol. The van der Waals surface area contributed by atoms with Gasteiger partial charge >= 0.3 is 0 Å². The zero-order valence-electron chi connectivity index (χ0n) is 11.5. The van der Waals surface area contributed by atoms with Crippen LogP contribution in [0.3, 0.4) is 0 Å². The smallest absolute Gasteiger partial charge is 0.256 e. The highest BCUT2D eigenvalue weighted by Crippen LogP contribution is 2.25. The Labute approximate surface area is 117 Å². The molecule has 5 nitrogen and oxygen atoms in total. The van der Waals surface area contributed by atoms with Gasteiger partial charge in [0.05, 0.1) is 17.3 Å². The number of aromatic nitrogens is 2. The Kier molecular flexibility index (Phi) is 3.44. The van der Waals surface area contributed by atoms with Crippen molar-refractivity contribution >= 4 is 16.8 Å². The molecule has 1 amide bonds. The van der Waals surface area contributed by atoms with E-state index in [0.717, 1.165) is 23.7 Å². The third-order valence-electron chi connectivity index (χ3n) is 4.21. The minimum absolute atomic E-state index is 0.0190. The molecule has 2 heterocycles. The van der Waals surface area contributed by atoms with E-state index in [9.17, 15) is 9.90 Å². The summed E-state index contributed by atoms with van der Waals surface area (Å²) in [5, 5.41) is 17.2. The van der Waals surface area contributed by atoms with Crippen LogP contribution in [0.4, 0.5) is 0 Å². The van der Waals surface area contributed by atoms with Gasteiger partial charge in [-0.25, -0.2) is 0 Å². The Morgan fingerprint density at radius 1 is 1.50 bits per heavy atom. The van der Waals surface area contributed by atoms with Crippen LogP contribution >= 0.6 is 0 Å². The number of hydrogen-bond acceptors (Lipinski definition) is 3. The second-order valence-electron chi connectivity index (χ2n) is 5.57. The van der Waals surface area contributed by atoms with Crippen LogP contribution in [0.1, 0.15) is 30.1 Å². The van der Waals surface area contributed by atoms with Crippen LogP contribution in [0, 0.1) is 5.92 Å². The fraction of sp³-hybridized carbons (Fsp3) is 0.467. The lowest BCUT2D eigenvalue weighted by Gasteiger charge is -2.37. The number of amides is 1. The summed E-state index contributed by atoms with van der Waals surface area (Å²) < 4.78 is 0. The number of fused-ring (bicyclic) bond motifs is 1. The number of rotatable bonds is 2. The molecule has 2 aromatic rings. The maximum absolute atomic E-state index is 12.8. The molecule has 1 saturated heterocycles. The number of benzene rings is 1. The van der Waals surface area contributed by atoms with E-state index in [0.29, 0.717) is 12.1 Å². The van der Waals surface area contributed by atoms with Crippen molar-refractivity contribution in [2.24, 2.45) is 5.92 Å². The van der Waals surface area contributed by atoms with Crippen molar-refractivity contribution in [2.75, 3.05) is 13.2 Å². The van der Waals surface area contributed by atoms with Crippen molar-refractivity contribution in [1.82, 2.24) is 15.1 Å². The third-order valence-corrected chi connectivity index (χ3v) is 4.21. The number of aliphatic hydroxyl groups is 1. The highest BCUT2D eigenvalue weighted by molar-refractivity contribution is 6.05. The van der Waals surface area contributed by atoms with Crippen LogP contribution in [0.5, 0.6) is 0 Å². The SMILES string of the molecule is CC1CCC(CO)CN1C(=O)c1cccc2cn[nH]c12. The van der Waals surface area contributed by atoms with Crippen molar-refractivity contribution in [3.8, 4) is 0 Å². The number of hydrogen-bond donors (Lipinski definition) is 2. The fourth-order valence-corrected chi connectivity index (χ4v) is 2.92. The molecule has 1 fully saturated rings. The lowest BCUT2D eigenvalue weighted by atomic mass is 9.93. The molecule has 0 spiro atoms. The molecule has 3 rings (SSSR count). The van der Waals surface area contributed by atoms with Gasteiger partial charge in [0.25, 0.3) is 5.91 Å². The van der Waals surface area contributed by atoms with E-state index in [-0.39, 0.29) is 24.5 Å². The summed E-state index contributed by atoms with van der Waals surface area (Å²) in [6.45, 7) is 2.84. The molecule has 2 atom stereocenters. The van der Waals surface area contributed by atoms with Gasteiger partial charge in [0.15, 0.2) is 0 Å². The number of carbonyl (C=O) groups excluding carboxylic acids is 1. The number of aliphatic hydroxyl groups excluding tert-OH is 1. The zero-order chi connectivity index (χ0) is 14.1. The fourth-order valence-electron chi connectivity index (χ4n) is 2.92. The van der Waals surface area contributed by atoms with Gasteiger partial charge in [-0.05, 0) is 31.7 Å². The number of nitrogens with zero attached hydrogens (tertiary/aromatic N) is 2. The maximum atomic E-state index is 12.8. The first kappa shape index (κ1) is 13.1. The van der Waals surface area contributed by atoms with E-state index in [4.69, 9.17) is 0 Å². The summed E-state index contributed by atoms with van der Waals surface area (Å²) >= 11 is 0. The highest BCUT2D eigenvalue weighted by Gasteiger charge is 2.30. The third kappa shape index (κ3) is 2.18. The first-order valence-corrected chi connectivity index (χ1v) is 7.04. The van der Waals surface area contributed by atoms with Crippen molar-refractivity contribution < 1.29 is 9.90 Å². The largest absolute Gasteiger partial charge is 0.396 e. The van der Waals surface area contributed by atoms with E-state index in [2.05, 4.69) is 17.1 Å². The molecule has 2 N–H and O–H groups in total. The number of piperidine rings is 1. The summed E-state index contributed by atoms with van der Waals surface area (Å²) in [5.74, 6) is 0.210. The minimum Gasteiger partial charge on any atom is -0.396 e. The van der Waals surface area contributed by atoms with Gasteiger partial charge in [0.2, 0.25) is 0 Å². The molecule has 1 aliphatic heterocycles. The summed E-state index contributed by atoms with van der Waals surface area (Å²) in [4.78, 5) is 14.7. The standard InChI is InChI=1S/C15H19N3O2/c1-10-5-6-11(9-19)8-18(10)15(20)13-4-2-3-12-7-16-17-14(12)13/h2-4,7,10-11,19H,5-6,8-9H2,1H3,(H,16,17). The van der Waals surface area contributed by atoms with Gasteiger partial charge in [-0.1, -0.05) is 12.1 Å². The van der Waals surface area contributed by atoms with Crippen molar-refractivity contribution in [2.45, 2.75) is 25.8 Å². The topological polar surface area (TPSA) is 69.2 Å². The Morgan fingerprint density at radius 3 is 3.15 bits per heavy atom. The monoisotopic (exact) mass is 273 g/mol. The van der Waals surface area contributed by atoms with Crippen molar-refractivity contribution in [1.29, 1.82) is 0 Å². The van der Waals surface area contributed by atoms with Crippen LogP contribution in [0.25, 0.3) is 10.9 Å². The van der Waals surface area contributed by atoms with Gasteiger partial charge in [-0.15, -0.1) is 0 Å². The molecule has 0 aliphatic carbocycles. The molecule has 20 heavy (non-hydrogen) atoms. The van der Waals surface area contributed by atoms with Crippen LogP contribution in [0.2, 0.25) is 0 Å². The molecule has 2 unspecified atom stereocenters. The highest BCUT2D eigenvalue weighted by atomic mass is 16.3. The zero-order valence-corrected chi connectivity index (χ0v) is 11.5. The number of carbonyl (C=O) groups is 1. The number of nitrogens with one attached hydrogen (secondary N) is 1. The molecule has 1 aliphatic rings. The Balaban J connectivity index is 1.93. The maximum Gasteiger partial charge on any atom is 0.256 e. The first-order chi connectivity index (χ1) is 9.70. The number of likely N-dealkylation sites (tertiary alicyclic amines) is 1. The average Bonchev–Trinajstić information content (AvgIpc) is 2.95. The van der Waals surface area contributed by atoms with Gasteiger partial charge in [0, 0.05) is 24.6 Å². The van der Waals surface area contributed by atoms with Crippen LogP contribution in [-0.4, -0.2) is 45.3 Å². The van der Waals surface area contributed by atoms with Gasteiger partial charge in [-0.2, -0.15) is 5.10 Å². The van der Waals surface area contributed by atoms with E-state index < -0.39 is 0 Å². The predicted octanol–water partition coefficient (Wildman–Crippen LogP) is 1.80. The molecule has 0 bridgehead atoms. The first-order valence-electron chi connectivity index (χ1n) is 7.04. The van der Waals surface area contributed by atoms with Gasteiger partial charge in [-0.3, -0.25) is 9.89 Å². The summed E-state index contributed by atoms with van der Waals surface area (Å²) in [6, 6.07) is 5.86. The Morgan fingerprint density at radius 2 is 2.35 bits per heavy atom. The molecular formula is C15H19N3O2. The summed E-state index contributed by atoms with van der Waals surface area (Å²) in [7, 11) is 0. The van der Waals surface area contributed by atoms with Crippen molar-refractivity contribution in [3.63, 3.8) is 0 Å². The number of para-hydroxylation sites is 1. The quantitative estimate of drug-likeness (QED) is 0.876. The molecule has 106 valence electrons. The molecule has 5 heteroatoms. The molecular weight excluding hydrogens is 254 g/mol. The lowest BCUT2D eigenvalue weighted by Crippen LogP contribution is -2.46. The summed E-state index contributed by atoms with van der Waals surface area (Å²) in [6.07, 6.45) is 3.65. The second-order valence-corrected chi connectivity index (χ2v) is 5.57. The second kappa shape index (κ2) is 5.25. The number of H-pyrrole nitrogens is 1. The van der Waals surface area contributed by atoms with Crippen LogP contribution in [0.15, 0.2) is 24.4 Å². The Bertz CT molecular complexity index is 622. The van der Waals surface area contributed by atoms with Crippen LogP contribution < -0.4 is 0 Å². The van der Waals surface area contributed by atoms with E-state index in [1.807, 2.05) is 23.1 Å². The summed E-state index contributed by atoms with van der Waals surface area (Å²) in [5.41, 5.74) is 1.45. The average molecular weight is 273 g/mol. The minimum atomic E-state index is 0.0190. The van der Waals surface area contributed by atoms with Gasteiger partial charge in [0.1, 0.15) is 0 Å². The molecule has 0 radical (unpaired) electrons. The lowest BCUT2D eigenvalue weighted by molar-refractivity contribution is 0.0490. The van der Waals surface area contributed by atoms with Crippen LogP contribution in [-0.2, 0) is 0 Å².